The van der Waals surface area contributed by atoms with Crippen molar-refractivity contribution in [3.63, 3.8) is 0 Å². The molecule has 1 fully saturated rings. The molecule has 0 radical (unpaired) electrons. The second-order valence-electron chi connectivity index (χ2n) is 4.81. The van der Waals surface area contributed by atoms with Crippen LogP contribution >= 0.6 is 11.8 Å². The molecule has 100 valence electrons. The van der Waals surface area contributed by atoms with Gasteiger partial charge in [-0.1, -0.05) is 6.92 Å². The lowest BCUT2D eigenvalue weighted by Crippen LogP contribution is -2.54. The SMILES string of the molecule is CNC1(C(=O)O)CCCC(SC(C)CCO)C1. The highest BCUT2D eigenvalue weighted by Gasteiger charge is 2.41. The van der Waals surface area contributed by atoms with Gasteiger partial charge >= 0.3 is 5.97 Å². The number of aliphatic hydroxyl groups is 1. The normalized spacial score (nSPS) is 31.1. The number of aliphatic carboxylic acids is 1. The fourth-order valence-electron chi connectivity index (χ4n) is 2.45. The van der Waals surface area contributed by atoms with Crippen LogP contribution in [0.25, 0.3) is 0 Å². The minimum Gasteiger partial charge on any atom is -0.480 e. The number of aliphatic hydroxyl groups excluding tert-OH is 1. The monoisotopic (exact) mass is 261 g/mol. The molecule has 0 aliphatic heterocycles. The number of hydrogen-bond donors (Lipinski definition) is 3. The molecule has 0 amide bonds. The number of thioether (sulfide) groups is 1. The Balaban J connectivity index is 2.56. The quantitative estimate of drug-likeness (QED) is 0.675. The molecular weight excluding hydrogens is 238 g/mol. The molecule has 4 nitrogen and oxygen atoms in total. The third-order valence-electron chi connectivity index (χ3n) is 3.55. The first kappa shape index (κ1) is 14.8. The lowest BCUT2D eigenvalue weighted by atomic mass is 9.81. The van der Waals surface area contributed by atoms with E-state index in [0.29, 0.717) is 23.3 Å². The van der Waals surface area contributed by atoms with E-state index in [1.807, 2.05) is 11.8 Å². The summed E-state index contributed by atoms with van der Waals surface area (Å²) < 4.78 is 0. The van der Waals surface area contributed by atoms with Crippen LogP contribution in [-0.4, -0.2) is 45.9 Å². The van der Waals surface area contributed by atoms with E-state index in [1.54, 1.807) is 7.05 Å². The molecule has 3 unspecified atom stereocenters. The van der Waals surface area contributed by atoms with Crippen LogP contribution in [0.5, 0.6) is 0 Å². The van der Waals surface area contributed by atoms with Crippen molar-refractivity contribution in [2.24, 2.45) is 0 Å². The van der Waals surface area contributed by atoms with E-state index >= 15 is 0 Å². The fraction of sp³-hybridized carbons (Fsp3) is 0.917. The highest BCUT2D eigenvalue weighted by Crippen LogP contribution is 2.37. The van der Waals surface area contributed by atoms with Crippen LogP contribution in [0.4, 0.5) is 0 Å². The summed E-state index contributed by atoms with van der Waals surface area (Å²) in [6.45, 7) is 2.30. The second-order valence-corrected chi connectivity index (χ2v) is 6.56. The minimum absolute atomic E-state index is 0.205. The van der Waals surface area contributed by atoms with E-state index in [1.165, 1.54) is 0 Å². The first-order valence-corrected chi connectivity index (χ1v) is 7.17. The summed E-state index contributed by atoms with van der Waals surface area (Å²) in [7, 11) is 1.73. The molecule has 0 saturated heterocycles. The summed E-state index contributed by atoms with van der Waals surface area (Å²) in [5.41, 5.74) is -0.741. The second kappa shape index (κ2) is 6.61. The van der Waals surface area contributed by atoms with Gasteiger partial charge in [0.2, 0.25) is 0 Å². The summed E-state index contributed by atoms with van der Waals surface area (Å²) in [5, 5.41) is 22.0. The van der Waals surface area contributed by atoms with Gasteiger partial charge in [-0.05, 0) is 39.2 Å². The Kier molecular flexibility index (Phi) is 5.76. The Morgan fingerprint density at radius 3 is 2.88 bits per heavy atom. The molecule has 0 bridgehead atoms. The van der Waals surface area contributed by atoms with Crippen molar-refractivity contribution in [1.82, 2.24) is 5.32 Å². The third kappa shape index (κ3) is 3.86. The van der Waals surface area contributed by atoms with Crippen LogP contribution in [0.15, 0.2) is 0 Å². The van der Waals surface area contributed by atoms with Gasteiger partial charge in [-0.3, -0.25) is 4.79 Å². The van der Waals surface area contributed by atoms with Gasteiger partial charge in [-0.25, -0.2) is 0 Å². The Hall–Kier alpha value is -0.260. The van der Waals surface area contributed by atoms with Crippen LogP contribution in [0.2, 0.25) is 0 Å². The standard InChI is InChI=1S/C12H23NO3S/c1-9(5-7-14)17-10-4-3-6-12(8-10,13-2)11(15)16/h9-10,13-14H,3-8H2,1-2H3,(H,15,16). The van der Waals surface area contributed by atoms with E-state index in [-0.39, 0.29) is 6.61 Å². The zero-order valence-electron chi connectivity index (χ0n) is 10.6. The highest BCUT2D eigenvalue weighted by atomic mass is 32.2. The van der Waals surface area contributed by atoms with Crippen LogP contribution in [0, 0.1) is 0 Å². The molecule has 1 rings (SSSR count). The molecular formula is C12H23NO3S. The Morgan fingerprint density at radius 2 is 2.35 bits per heavy atom. The maximum atomic E-state index is 11.4. The van der Waals surface area contributed by atoms with Crippen molar-refractivity contribution in [3.05, 3.63) is 0 Å². The fourth-order valence-corrected chi connectivity index (χ4v) is 4.03. The van der Waals surface area contributed by atoms with Crippen molar-refractivity contribution >= 4 is 17.7 Å². The maximum absolute atomic E-state index is 11.4. The summed E-state index contributed by atoms with van der Waals surface area (Å²) in [4.78, 5) is 11.4. The smallest absolute Gasteiger partial charge is 0.323 e. The number of carboxylic acids is 1. The zero-order valence-corrected chi connectivity index (χ0v) is 11.4. The van der Waals surface area contributed by atoms with E-state index in [4.69, 9.17) is 5.11 Å². The molecule has 1 aliphatic carbocycles. The molecule has 1 aliphatic rings. The molecule has 0 aromatic carbocycles. The molecule has 17 heavy (non-hydrogen) atoms. The summed E-state index contributed by atoms with van der Waals surface area (Å²) in [6, 6.07) is 0. The number of carbonyl (C=O) groups is 1. The summed E-state index contributed by atoms with van der Waals surface area (Å²) in [6.07, 6.45) is 4.21. The first-order valence-electron chi connectivity index (χ1n) is 6.22. The van der Waals surface area contributed by atoms with Gasteiger partial charge < -0.3 is 15.5 Å². The topological polar surface area (TPSA) is 69.6 Å². The van der Waals surface area contributed by atoms with Crippen molar-refractivity contribution in [3.8, 4) is 0 Å². The molecule has 3 atom stereocenters. The minimum atomic E-state index is -0.741. The Labute approximate surface area is 107 Å². The lowest BCUT2D eigenvalue weighted by molar-refractivity contribution is -0.146. The van der Waals surface area contributed by atoms with Crippen molar-refractivity contribution in [2.75, 3.05) is 13.7 Å². The molecule has 0 aromatic heterocycles. The van der Waals surface area contributed by atoms with E-state index in [0.717, 1.165) is 19.3 Å². The van der Waals surface area contributed by atoms with Crippen LogP contribution in [0.1, 0.15) is 39.0 Å². The van der Waals surface area contributed by atoms with Crippen LogP contribution < -0.4 is 5.32 Å². The first-order chi connectivity index (χ1) is 8.04. The van der Waals surface area contributed by atoms with Gasteiger partial charge in [0.05, 0.1) is 0 Å². The Bertz CT molecular complexity index is 262. The molecule has 3 N–H and O–H groups in total. The van der Waals surface area contributed by atoms with Crippen molar-refractivity contribution in [2.45, 2.75) is 55.1 Å². The number of likely N-dealkylation sites (N-methyl/N-ethyl adjacent to an activating group) is 1. The third-order valence-corrected chi connectivity index (χ3v) is 5.04. The van der Waals surface area contributed by atoms with Gasteiger partial charge in [0, 0.05) is 17.1 Å². The molecule has 1 saturated carbocycles. The van der Waals surface area contributed by atoms with Gasteiger partial charge in [0.1, 0.15) is 5.54 Å². The molecule has 5 heteroatoms. The van der Waals surface area contributed by atoms with Gasteiger partial charge in [-0.2, -0.15) is 11.8 Å². The predicted molar refractivity (Wildman–Crippen MR) is 70.4 cm³/mol. The van der Waals surface area contributed by atoms with Crippen molar-refractivity contribution < 1.29 is 15.0 Å². The van der Waals surface area contributed by atoms with Crippen molar-refractivity contribution in [1.29, 1.82) is 0 Å². The lowest BCUT2D eigenvalue weighted by Gasteiger charge is -2.38. The van der Waals surface area contributed by atoms with Crippen LogP contribution in [0.3, 0.4) is 0 Å². The van der Waals surface area contributed by atoms with Gasteiger partial charge in [-0.15, -0.1) is 0 Å². The van der Waals surface area contributed by atoms with E-state index in [2.05, 4.69) is 12.2 Å². The molecule has 0 aromatic rings. The summed E-state index contributed by atoms with van der Waals surface area (Å²) in [5.74, 6) is -0.736. The molecule has 0 spiro atoms. The predicted octanol–water partition coefficient (Wildman–Crippen LogP) is 1.48. The molecule has 0 heterocycles. The average molecular weight is 261 g/mol. The zero-order chi connectivity index (χ0) is 12.9. The Morgan fingerprint density at radius 1 is 1.65 bits per heavy atom. The highest BCUT2D eigenvalue weighted by molar-refractivity contribution is 8.00. The maximum Gasteiger partial charge on any atom is 0.323 e. The van der Waals surface area contributed by atoms with Gasteiger partial charge in [0.25, 0.3) is 0 Å². The number of carboxylic acid groups (broad SMARTS) is 1. The number of nitrogens with one attached hydrogen (secondary N) is 1. The van der Waals surface area contributed by atoms with E-state index < -0.39 is 11.5 Å². The number of rotatable bonds is 6. The van der Waals surface area contributed by atoms with Gasteiger partial charge in [0.15, 0.2) is 0 Å². The van der Waals surface area contributed by atoms with E-state index in [9.17, 15) is 9.90 Å². The average Bonchev–Trinajstić information content (AvgIpc) is 2.29. The largest absolute Gasteiger partial charge is 0.480 e. The number of hydrogen-bond acceptors (Lipinski definition) is 4. The summed E-state index contributed by atoms with van der Waals surface area (Å²) >= 11 is 1.82. The van der Waals surface area contributed by atoms with Crippen LogP contribution in [-0.2, 0) is 4.79 Å².